The molecule has 0 aromatic rings. The molecule has 3 nitrogen and oxygen atoms in total. The van der Waals surface area contributed by atoms with E-state index in [0.29, 0.717) is 0 Å². The number of nitrogens with two attached hydrogens (primary N) is 1. The molecule has 7 heavy (non-hydrogen) atoms. The van der Waals surface area contributed by atoms with Gasteiger partial charge in [0.25, 0.3) is 0 Å². The number of hydrogen-bond donors (Lipinski definition) is 2. The molecule has 0 spiro atoms. The van der Waals surface area contributed by atoms with Crippen LogP contribution in [0.5, 0.6) is 0 Å². The molecule has 0 amide bonds. The molecule has 0 bridgehead atoms. The lowest BCUT2D eigenvalue weighted by Crippen LogP contribution is -2.00. The second-order valence-electron chi connectivity index (χ2n) is 0.913. The van der Waals surface area contributed by atoms with Crippen molar-refractivity contribution in [2.45, 2.75) is 0 Å². The fraction of sp³-hybridized carbons (Fsp3) is 0.250. The number of rotatable bonds is 2. The topological polar surface area (TPSA) is 50.4 Å². The molecule has 0 atom stereocenters. The third-order valence-corrected chi connectivity index (χ3v) is 0.396. The molecule has 0 aromatic heterocycles. The third kappa shape index (κ3) is 5.01. The van der Waals surface area contributed by atoms with Gasteiger partial charge in [-0.2, -0.15) is 0 Å². The van der Waals surface area contributed by atoms with Crippen LogP contribution in [0.1, 0.15) is 0 Å². The van der Waals surface area contributed by atoms with Crippen LogP contribution in [0.2, 0.25) is 0 Å². The second kappa shape index (κ2) is 5.01. The van der Waals surface area contributed by atoms with Crippen molar-refractivity contribution in [3.8, 4) is 0 Å². The summed E-state index contributed by atoms with van der Waals surface area (Å²) in [6.07, 6.45) is 4.54. The predicted molar refractivity (Wildman–Crippen MR) is 30.9 cm³/mol. The van der Waals surface area contributed by atoms with Gasteiger partial charge in [-0.15, -0.1) is 0 Å². The van der Waals surface area contributed by atoms with Crippen LogP contribution in [0.25, 0.3) is 0 Å². The molecule has 0 radical (unpaired) electrons. The highest BCUT2D eigenvalue weighted by molar-refractivity contribution is 5.55. The summed E-state index contributed by atoms with van der Waals surface area (Å²) < 4.78 is 0. The minimum absolute atomic E-state index is 1.40. The Kier molecular flexibility index (Phi) is 4.30. The number of hydrogen-bond acceptors (Lipinski definition) is 2. The van der Waals surface area contributed by atoms with Crippen molar-refractivity contribution >= 4 is 6.34 Å². The Bertz CT molecular complexity index is 65.0. The summed E-state index contributed by atoms with van der Waals surface area (Å²) in [7, 11) is 1.68. The molecule has 0 aliphatic heterocycles. The summed E-state index contributed by atoms with van der Waals surface area (Å²) in [5, 5.41) is 2.69. The summed E-state index contributed by atoms with van der Waals surface area (Å²) >= 11 is 0. The lowest BCUT2D eigenvalue weighted by Gasteiger charge is -1.80. The standard InChI is InChI=1S/C4H9N3/c1-6-4-7-3-2-5/h2-4H,5H2,1H3,(H,6,7)/b3-2-. The monoisotopic (exact) mass is 99.1 g/mol. The van der Waals surface area contributed by atoms with Gasteiger partial charge in [0.15, 0.2) is 0 Å². The normalized spacial score (nSPS) is 11.0. The fourth-order valence-electron chi connectivity index (χ4n) is 0.173. The van der Waals surface area contributed by atoms with Crippen molar-refractivity contribution in [1.29, 1.82) is 0 Å². The van der Waals surface area contributed by atoms with E-state index in [9.17, 15) is 0 Å². The maximum atomic E-state index is 4.96. The molecule has 0 aliphatic carbocycles. The quantitative estimate of drug-likeness (QED) is 0.367. The van der Waals surface area contributed by atoms with Crippen LogP contribution in [0.4, 0.5) is 0 Å². The Hall–Kier alpha value is -0.990. The largest absolute Gasteiger partial charge is 0.403 e. The Morgan fingerprint density at radius 2 is 2.43 bits per heavy atom. The summed E-state index contributed by atoms with van der Waals surface area (Å²) in [6, 6.07) is 0. The molecule has 0 fully saturated rings. The van der Waals surface area contributed by atoms with Crippen LogP contribution in [-0.2, 0) is 0 Å². The van der Waals surface area contributed by atoms with Crippen molar-refractivity contribution < 1.29 is 0 Å². The molecular formula is C4H9N3. The lowest BCUT2D eigenvalue weighted by atomic mass is 10.9. The molecule has 0 heterocycles. The van der Waals surface area contributed by atoms with E-state index in [0.717, 1.165) is 0 Å². The molecule has 3 heteroatoms. The van der Waals surface area contributed by atoms with Crippen molar-refractivity contribution in [2.24, 2.45) is 10.7 Å². The summed E-state index contributed by atoms with van der Waals surface area (Å²) in [5.74, 6) is 0. The maximum absolute atomic E-state index is 4.96. The molecule has 0 aromatic carbocycles. The average Bonchev–Trinajstić information content (AvgIpc) is 1.69. The highest BCUT2D eigenvalue weighted by Crippen LogP contribution is 1.49. The predicted octanol–water partition coefficient (Wildman–Crippen LogP) is -0.336. The fourth-order valence-corrected chi connectivity index (χ4v) is 0.173. The van der Waals surface area contributed by atoms with Crippen molar-refractivity contribution in [3.05, 3.63) is 12.4 Å². The van der Waals surface area contributed by atoms with E-state index in [1.165, 1.54) is 6.20 Å². The molecule has 0 aliphatic rings. The maximum Gasteiger partial charge on any atom is 0.0860 e. The first-order chi connectivity index (χ1) is 3.41. The number of nitrogens with zero attached hydrogens (tertiary/aromatic N) is 1. The first kappa shape index (κ1) is 6.01. The second-order valence-corrected chi connectivity index (χ2v) is 0.913. The van der Waals surface area contributed by atoms with E-state index in [-0.39, 0.29) is 0 Å². The summed E-state index contributed by atoms with van der Waals surface area (Å²) in [6.45, 7) is 0. The molecule has 40 valence electrons. The van der Waals surface area contributed by atoms with E-state index >= 15 is 0 Å². The number of aliphatic imine (C=N–C) groups is 1. The zero-order valence-electron chi connectivity index (χ0n) is 4.26. The first-order valence-electron chi connectivity index (χ1n) is 1.95. The van der Waals surface area contributed by atoms with Gasteiger partial charge in [0, 0.05) is 19.4 Å². The molecule has 0 unspecified atom stereocenters. The van der Waals surface area contributed by atoms with Crippen molar-refractivity contribution in [2.75, 3.05) is 7.05 Å². The lowest BCUT2D eigenvalue weighted by molar-refractivity contribution is 1.27. The van der Waals surface area contributed by atoms with Crippen LogP contribution in [0, 0.1) is 0 Å². The number of nitrogens with one attached hydrogen (secondary N) is 1. The van der Waals surface area contributed by atoms with Gasteiger partial charge in [-0.05, 0) is 0 Å². The zero-order valence-corrected chi connectivity index (χ0v) is 4.26. The van der Waals surface area contributed by atoms with E-state index in [1.807, 2.05) is 0 Å². The van der Waals surface area contributed by atoms with Gasteiger partial charge in [-0.1, -0.05) is 0 Å². The minimum atomic E-state index is 1.40. The van der Waals surface area contributed by atoms with Crippen LogP contribution in [0.15, 0.2) is 17.4 Å². The van der Waals surface area contributed by atoms with E-state index < -0.39 is 0 Å². The van der Waals surface area contributed by atoms with E-state index in [2.05, 4.69) is 10.3 Å². The highest BCUT2D eigenvalue weighted by atomic mass is 14.9. The Labute approximate surface area is 42.9 Å². The zero-order chi connectivity index (χ0) is 5.54. The molecule has 0 rings (SSSR count). The SMILES string of the molecule is C/N=C\N/C=C\N. The van der Waals surface area contributed by atoms with Crippen molar-refractivity contribution in [1.82, 2.24) is 5.32 Å². The van der Waals surface area contributed by atoms with Gasteiger partial charge < -0.3 is 11.1 Å². The molecule has 0 saturated heterocycles. The van der Waals surface area contributed by atoms with Gasteiger partial charge in [0.1, 0.15) is 0 Å². The van der Waals surface area contributed by atoms with Gasteiger partial charge in [0.05, 0.1) is 6.34 Å². The molecule has 3 N–H and O–H groups in total. The molecular weight excluding hydrogens is 90.1 g/mol. The highest BCUT2D eigenvalue weighted by Gasteiger charge is 1.56. The van der Waals surface area contributed by atoms with Gasteiger partial charge in [0.2, 0.25) is 0 Å². The van der Waals surface area contributed by atoms with Crippen molar-refractivity contribution in [3.63, 3.8) is 0 Å². The minimum Gasteiger partial charge on any atom is -0.403 e. The van der Waals surface area contributed by atoms with Gasteiger partial charge in [-0.25, -0.2) is 0 Å². The first-order valence-corrected chi connectivity index (χ1v) is 1.95. The van der Waals surface area contributed by atoms with E-state index in [4.69, 9.17) is 5.73 Å². The molecule has 0 saturated carbocycles. The third-order valence-electron chi connectivity index (χ3n) is 0.396. The van der Waals surface area contributed by atoms with Gasteiger partial charge in [-0.3, -0.25) is 4.99 Å². The van der Waals surface area contributed by atoms with Crippen LogP contribution < -0.4 is 11.1 Å². The van der Waals surface area contributed by atoms with E-state index in [1.54, 1.807) is 19.6 Å². The smallest absolute Gasteiger partial charge is 0.0860 e. The van der Waals surface area contributed by atoms with Crippen LogP contribution in [0.3, 0.4) is 0 Å². The van der Waals surface area contributed by atoms with Crippen LogP contribution >= 0.6 is 0 Å². The summed E-state index contributed by atoms with van der Waals surface area (Å²) in [5.41, 5.74) is 4.96. The Balaban J connectivity index is 2.98. The Morgan fingerprint density at radius 3 is 2.86 bits per heavy atom. The van der Waals surface area contributed by atoms with Crippen LogP contribution in [-0.4, -0.2) is 13.4 Å². The van der Waals surface area contributed by atoms with Gasteiger partial charge >= 0.3 is 0 Å². The summed E-state index contributed by atoms with van der Waals surface area (Å²) in [4.78, 5) is 3.63. The Morgan fingerprint density at radius 1 is 1.71 bits per heavy atom. The average molecular weight is 99.1 g/mol.